The average molecular weight is 829 g/mol. The fraction of sp³-hybridized carbons (Fsp3) is 0.0476. The van der Waals surface area contributed by atoms with E-state index in [9.17, 15) is 0 Å². The summed E-state index contributed by atoms with van der Waals surface area (Å²) < 4.78 is 2.43. The minimum atomic E-state index is -0.180. The van der Waals surface area contributed by atoms with Crippen LogP contribution in [0.3, 0.4) is 0 Å². The largest absolute Gasteiger partial charge is 0.310 e. The van der Waals surface area contributed by atoms with E-state index in [1.54, 1.807) is 0 Å². The molecule has 0 unspecified atom stereocenters. The van der Waals surface area contributed by atoms with Gasteiger partial charge in [0.25, 0.3) is 0 Å². The topological polar surface area (TPSA) is 8.17 Å². The van der Waals surface area contributed by atoms with Crippen molar-refractivity contribution in [1.82, 2.24) is 4.57 Å². The van der Waals surface area contributed by atoms with E-state index in [1.807, 2.05) is 0 Å². The van der Waals surface area contributed by atoms with Crippen LogP contribution in [0.25, 0.3) is 93.2 Å². The Labute approximate surface area is 378 Å². The van der Waals surface area contributed by atoms with Crippen molar-refractivity contribution in [3.8, 4) is 39.1 Å². The van der Waals surface area contributed by atoms with Gasteiger partial charge in [-0.15, -0.1) is 0 Å². The third-order valence-corrected chi connectivity index (χ3v) is 14.2. The molecule has 0 atom stereocenters. The van der Waals surface area contributed by atoms with Gasteiger partial charge in [-0.25, -0.2) is 0 Å². The minimum Gasteiger partial charge on any atom is -0.310 e. The molecule has 2 heteroatoms. The molecule has 0 aliphatic heterocycles. The van der Waals surface area contributed by atoms with Crippen LogP contribution in [-0.4, -0.2) is 4.57 Å². The highest BCUT2D eigenvalue weighted by molar-refractivity contribution is 6.17. The predicted molar refractivity (Wildman–Crippen MR) is 276 cm³/mol. The quantitative estimate of drug-likeness (QED) is 0.152. The molecule has 1 aliphatic rings. The Morgan fingerprint density at radius 2 is 0.892 bits per heavy atom. The van der Waals surface area contributed by atoms with E-state index in [4.69, 9.17) is 0 Å². The van der Waals surface area contributed by atoms with Gasteiger partial charge in [-0.05, 0) is 126 Å². The Morgan fingerprint density at radius 3 is 1.69 bits per heavy atom. The summed E-state index contributed by atoms with van der Waals surface area (Å²) in [6.07, 6.45) is 0. The van der Waals surface area contributed by atoms with E-state index >= 15 is 0 Å². The fourth-order valence-electron chi connectivity index (χ4n) is 11.2. The van der Waals surface area contributed by atoms with Crippen molar-refractivity contribution in [2.45, 2.75) is 19.3 Å². The second-order valence-corrected chi connectivity index (χ2v) is 18.0. The molecule has 65 heavy (non-hydrogen) atoms. The lowest BCUT2D eigenvalue weighted by atomic mass is 9.82. The van der Waals surface area contributed by atoms with Gasteiger partial charge in [-0.3, -0.25) is 0 Å². The highest BCUT2D eigenvalue weighted by Crippen LogP contribution is 2.53. The smallest absolute Gasteiger partial charge is 0.0546 e. The number of hydrogen-bond acceptors (Lipinski definition) is 1. The Bertz CT molecular complexity index is 3830. The van der Waals surface area contributed by atoms with Gasteiger partial charge in [0.15, 0.2) is 0 Å². The fourth-order valence-corrected chi connectivity index (χ4v) is 11.2. The zero-order valence-electron chi connectivity index (χ0n) is 36.3. The molecule has 0 bridgehead atoms. The molecular formula is C63H44N2. The van der Waals surface area contributed by atoms with Gasteiger partial charge in [0, 0.05) is 38.8 Å². The van der Waals surface area contributed by atoms with E-state index in [2.05, 4.69) is 254 Å². The van der Waals surface area contributed by atoms with Gasteiger partial charge in [0.05, 0.1) is 16.7 Å². The predicted octanol–water partition coefficient (Wildman–Crippen LogP) is 17.4. The van der Waals surface area contributed by atoms with E-state index < -0.39 is 0 Å². The normalized spacial score (nSPS) is 12.9. The summed E-state index contributed by atoms with van der Waals surface area (Å²) >= 11 is 0. The monoisotopic (exact) mass is 828 g/mol. The van der Waals surface area contributed by atoms with Crippen molar-refractivity contribution in [3.05, 3.63) is 242 Å². The zero-order valence-corrected chi connectivity index (χ0v) is 36.3. The van der Waals surface area contributed by atoms with Crippen molar-refractivity contribution < 1.29 is 0 Å². The van der Waals surface area contributed by atoms with Crippen LogP contribution >= 0.6 is 0 Å². The number of benzene rings is 11. The molecule has 1 heterocycles. The number of aromatic nitrogens is 1. The lowest BCUT2D eigenvalue weighted by Gasteiger charge is -2.31. The molecule has 11 aromatic carbocycles. The summed E-state index contributed by atoms with van der Waals surface area (Å²) in [6, 6.07) is 85.5. The third-order valence-electron chi connectivity index (χ3n) is 14.2. The molecule has 306 valence electrons. The maximum absolute atomic E-state index is 2.53. The van der Waals surface area contributed by atoms with Gasteiger partial charge in [-0.2, -0.15) is 0 Å². The molecule has 1 aliphatic carbocycles. The average Bonchev–Trinajstić information content (AvgIpc) is 3.82. The van der Waals surface area contributed by atoms with E-state index in [0.29, 0.717) is 0 Å². The standard InChI is InChI=1S/C63H44N2/c1-63(2)57-32-12-9-27-51(57)52-37-36-45(40-58(52)63)64(43-21-16-22-44(39-43)65-59-33-13-10-28-53(59)54-29-11-14-34-60(54)65)61-35-17-31-55(49-30-15-20-41-18-3-5-23-46(41)49)62(61)56-38-42-19-4-6-24-47(42)48-25-7-8-26-50(48)56/h3-40H,1-2H3. The Morgan fingerprint density at radius 1 is 0.338 bits per heavy atom. The van der Waals surface area contributed by atoms with Crippen molar-refractivity contribution in [2.75, 3.05) is 4.90 Å². The number of hydrogen-bond donors (Lipinski definition) is 0. The Kier molecular flexibility index (Phi) is 8.29. The molecule has 0 saturated heterocycles. The highest BCUT2D eigenvalue weighted by atomic mass is 15.1. The first-order valence-corrected chi connectivity index (χ1v) is 22.7. The van der Waals surface area contributed by atoms with Gasteiger partial charge in [0.1, 0.15) is 0 Å². The maximum atomic E-state index is 2.53. The summed E-state index contributed by atoms with van der Waals surface area (Å²) in [5.41, 5.74) is 16.8. The van der Waals surface area contributed by atoms with Crippen LogP contribution in [-0.2, 0) is 5.41 Å². The van der Waals surface area contributed by atoms with Crippen LogP contribution in [0.5, 0.6) is 0 Å². The van der Waals surface area contributed by atoms with Crippen molar-refractivity contribution in [2.24, 2.45) is 0 Å². The van der Waals surface area contributed by atoms with Crippen molar-refractivity contribution in [1.29, 1.82) is 0 Å². The zero-order chi connectivity index (χ0) is 43.2. The molecule has 0 amide bonds. The lowest BCUT2D eigenvalue weighted by molar-refractivity contribution is 0.660. The van der Waals surface area contributed by atoms with Crippen molar-refractivity contribution >= 4 is 71.2 Å². The molecule has 12 aromatic rings. The molecule has 1 aromatic heterocycles. The van der Waals surface area contributed by atoms with Crippen LogP contribution in [0, 0.1) is 0 Å². The summed E-state index contributed by atoms with van der Waals surface area (Å²) in [4.78, 5) is 2.53. The molecule has 0 N–H and O–H groups in total. The van der Waals surface area contributed by atoms with Crippen LogP contribution in [0.15, 0.2) is 231 Å². The van der Waals surface area contributed by atoms with E-state index in [-0.39, 0.29) is 5.41 Å². The Balaban J connectivity index is 1.15. The number of para-hydroxylation sites is 2. The third kappa shape index (κ3) is 5.67. The van der Waals surface area contributed by atoms with Crippen LogP contribution in [0.1, 0.15) is 25.0 Å². The molecule has 0 fully saturated rings. The van der Waals surface area contributed by atoms with Gasteiger partial charge >= 0.3 is 0 Å². The van der Waals surface area contributed by atoms with Crippen LogP contribution in [0.2, 0.25) is 0 Å². The molecule has 13 rings (SSSR count). The van der Waals surface area contributed by atoms with Gasteiger partial charge in [0.2, 0.25) is 0 Å². The molecule has 2 nitrogen and oxygen atoms in total. The summed E-state index contributed by atoms with van der Waals surface area (Å²) in [5, 5.41) is 9.90. The maximum Gasteiger partial charge on any atom is 0.0546 e. The lowest BCUT2D eigenvalue weighted by Crippen LogP contribution is -2.17. The second kappa shape index (κ2) is 14.4. The summed E-state index contributed by atoms with van der Waals surface area (Å²) in [5.74, 6) is 0. The van der Waals surface area contributed by atoms with Crippen LogP contribution in [0.4, 0.5) is 17.1 Å². The SMILES string of the molecule is CC1(C)c2ccccc2-c2ccc(N(c3cccc(-n4c5ccccc5c5ccccc54)c3)c3cccc(-c4cccc5ccccc45)c3-c3cc4ccccc4c4ccccc34)cc21. The molecule has 0 saturated carbocycles. The highest BCUT2D eigenvalue weighted by Gasteiger charge is 2.36. The van der Waals surface area contributed by atoms with Gasteiger partial charge in [-0.1, -0.05) is 190 Å². The second-order valence-electron chi connectivity index (χ2n) is 18.0. The number of nitrogens with zero attached hydrogens (tertiary/aromatic N) is 2. The minimum absolute atomic E-state index is 0.180. The number of anilines is 3. The number of rotatable bonds is 6. The van der Waals surface area contributed by atoms with E-state index in [0.717, 1.165) is 22.7 Å². The van der Waals surface area contributed by atoms with Crippen LogP contribution < -0.4 is 4.90 Å². The summed E-state index contributed by atoms with van der Waals surface area (Å²) in [6.45, 7) is 4.75. The first-order chi connectivity index (χ1) is 32.0. The van der Waals surface area contributed by atoms with E-state index in [1.165, 1.54) is 98.6 Å². The molecule has 0 radical (unpaired) electrons. The van der Waals surface area contributed by atoms with Gasteiger partial charge < -0.3 is 9.47 Å². The van der Waals surface area contributed by atoms with Crippen molar-refractivity contribution in [3.63, 3.8) is 0 Å². The first-order valence-electron chi connectivity index (χ1n) is 22.7. The summed E-state index contributed by atoms with van der Waals surface area (Å²) in [7, 11) is 0. The molecular weight excluding hydrogens is 785 g/mol. The first kappa shape index (κ1) is 37.4. The number of fused-ring (bicyclic) bond motifs is 10. The Hall–Kier alpha value is -8.20. The molecule has 0 spiro atoms.